The van der Waals surface area contributed by atoms with Gasteiger partial charge >= 0.3 is 0 Å². The van der Waals surface area contributed by atoms with Crippen molar-refractivity contribution < 1.29 is 9.53 Å². The van der Waals surface area contributed by atoms with E-state index in [1.807, 2.05) is 18.2 Å². The van der Waals surface area contributed by atoms with Crippen LogP contribution in [0.15, 0.2) is 24.3 Å². The zero-order valence-corrected chi connectivity index (χ0v) is 14.7. The summed E-state index contributed by atoms with van der Waals surface area (Å²) < 4.78 is 5.75. The molecule has 24 heavy (non-hydrogen) atoms. The van der Waals surface area contributed by atoms with Crippen LogP contribution in [0.5, 0.6) is 5.75 Å². The van der Waals surface area contributed by atoms with E-state index < -0.39 is 0 Å². The van der Waals surface area contributed by atoms with Gasteiger partial charge in [0.2, 0.25) is 5.91 Å². The molecule has 5 heteroatoms. The molecule has 0 radical (unpaired) electrons. The lowest BCUT2D eigenvalue weighted by molar-refractivity contribution is -0.125. The Morgan fingerprint density at radius 3 is 2.79 bits per heavy atom. The summed E-state index contributed by atoms with van der Waals surface area (Å²) in [6.45, 7) is 5.79. The summed E-state index contributed by atoms with van der Waals surface area (Å²) in [7, 11) is 0. The molecule has 1 saturated heterocycles. The first-order valence-corrected chi connectivity index (χ1v) is 9.14. The average Bonchev–Trinajstić information content (AvgIpc) is 2.79. The van der Waals surface area contributed by atoms with Gasteiger partial charge in [0.05, 0.1) is 6.61 Å². The van der Waals surface area contributed by atoms with Gasteiger partial charge in [0, 0.05) is 24.5 Å². The lowest BCUT2D eigenvalue weighted by Gasteiger charge is -2.18. The minimum atomic E-state index is 0.0151. The normalized spacial score (nSPS) is 29.4. The number of hydrazine groups is 1. The Hall–Kier alpha value is -1.59. The summed E-state index contributed by atoms with van der Waals surface area (Å²) in [5.74, 6) is 1.73. The highest BCUT2D eigenvalue weighted by Crippen LogP contribution is 2.26. The first-order valence-electron chi connectivity index (χ1n) is 9.14. The number of fused-ring (bicyclic) bond motifs is 1. The number of rotatable bonds is 5. The van der Waals surface area contributed by atoms with Crippen LogP contribution < -0.4 is 20.9 Å². The Morgan fingerprint density at radius 1 is 1.25 bits per heavy atom. The molecule has 1 fully saturated rings. The van der Waals surface area contributed by atoms with Crippen LogP contribution in [-0.4, -0.2) is 31.1 Å². The highest BCUT2D eigenvalue weighted by atomic mass is 16.5. The second-order valence-corrected chi connectivity index (χ2v) is 7.11. The van der Waals surface area contributed by atoms with E-state index in [-0.39, 0.29) is 11.8 Å². The van der Waals surface area contributed by atoms with E-state index in [2.05, 4.69) is 36.1 Å². The molecule has 3 atom stereocenters. The molecule has 132 valence electrons. The quantitative estimate of drug-likeness (QED) is 0.723. The molecule has 0 spiro atoms. The topological polar surface area (TPSA) is 62.4 Å². The van der Waals surface area contributed by atoms with E-state index in [9.17, 15) is 4.79 Å². The van der Waals surface area contributed by atoms with E-state index in [4.69, 9.17) is 4.74 Å². The summed E-state index contributed by atoms with van der Waals surface area (Å²) in [5, 5.41) is 3.13. The van der Waals surface area contributed by atoms with Crippen LogP contribution in [-0.2, 0) is 11.2 Å². The third-order valence-electron chi connectivity index (χ3n) is 5.37. The number of hydrogen-bond acceptors (Lipinski definition) is 4. The monoisotopic (exact) mass is 331 g/mol. The van der Waals surface area contributed by atoms with Crippen LogP contribution in [0.1, 0.15) is 38.7 Å². The van der Waals surface area contributed by atoms with Crippen molar-refractivity contribution in [2.45, 2.75) is 51.6 Å². The number of amides is 1. The lowest BCUT2D eigenvalue weighted by atomic mass is 9.91. The van der Waals surface area contributed by atoms with Crippen molar-refractivity contribution in [2.75, 3.05) is 13.2 Å². The van der Waals surface area contributed by atoms with E-state index in [0.29, 0.717) is 24.6 Å². The maximum atomic E-state index is 12.5. The molecule has 1 aromatic carbocycles. The fourth-order valence-corrected chi connectivity index (χ4v) is 3.82. The summed E-state index contributed by atoms with van der Waals surface area (Å²) in [5.41, 5.74) is 7.71. The maximum absolute atomic E-state index is 12.5. The van der Waals surface area contributed by atoms with Crippen molar-refractivity contribution in [3.8, 4) is 5.75 Å². The summed E-state index contributed by atoms with van der Waals surface area (Å²) in [6.07, 6.45) is 3.70. The van der Waals surface area contributed by atoms with Crippen LogP contribution in [0, 0.1) is 11.8 Å². The smallest absolute Gasteiger partial charge is 0.223 e. The minimum Gasteiger partial charge on any atom is -0.493 e. The highest BCUT2D eigenvalue weighted by molar-refractivity contribution is 5.79. The Labute approximate surface area is 144 Å². The predicted octanol–water partition coefficient (Wildman–Crippen LogP) is 2.03. The number of hydrogen-bond donors (Lipinski definition) is 3. The first-order chi connectivity index (χ1) is 11.6. The number of carbonyl (C=O) groups excluding carboxylic acids is 1. The van der Waals surface area contributed by atoms with Gasteiger partial charge in [0.1, 0.15) is 5.75 Å². The Balaban J connectivity index is 1.44. The zero-order valence-electron chi connectivity index (χ0n) is 14.7. The maximum Gasteiger partial charge on any atom is 0.223 e. The number of carbonyl (C=O) groups is 1. The molecule has 1 aromatic rings. The van der Waals surface area contributed by atoms with Crippen molar-refractivity contribution in [3.63, 3.8) is 0 Å². The predicted molar refractivity (Wildman–Crippen MR) is 94.7 cm³/mol. The van der Waals surface area contributed by atoms with Crippen molar-refractivity contribution >= 4 is 5.91 Å². The molecule has 5 nitrogen and oxygen atoms in total. The molecule has 2 aliphatic heterocycles. The molecule has 3 rings (SSSR count). The molecule has 3 N–H and O–H groups in total. The summed E-state index contributed by atoms with van der Waals surface area (Å²) in [4.78, 5) is 12.5. The fraction of sp³-hybridized carbons (Fsp3) is 0.632. The molecule has 0 aliphatic carbocycles. The largest absolute Gasteiger partial charge is 0.493 e. The molecule has 2 aliphatic rings. The van der Waals surface area contributed by atoms with Gasteiger partial charge in [-0.25, -0.2) is 0 Å². The van der Waals surface area contributed by atoms with Crippen LogP contribution in [0.3, 0.4) is 0 Å². The van der Waals surface area contributed by atoms with Crippen LogP contribution in [0.2, 0.25) is 0 Å². The first kappa shape index (κ1) is 17.2. The highest BCUT2D eigenvalue weighted by Gasteiger charge is 2.29. The van der Waals surface area contributed by atoms with Gasteiger partial charge in [0.25, 0.3) is 0 Å². The van der Waals surface area contributed by atoms with Gasteiger partial charge in [-0.1, -0.05) is 18.2 Å². The third kappa shape index (κ3) is 4.08. The molecule has 0 saturated carbocycles. The van der Waals surface area contributed by atoms with Gasteiger partial charge in [-0.15, -0.1) is 0 Å². The molecule has 2 heterocycles. The fourth-order valence-electron chi connectivity index (χ4n) is 3.82. The molecular weight excluding hydrogens is 302 g/mol. The average molecular weight is 331 g/mol. The molecule has 1 amide bonds. The zero-order chi connectivity index (χ0) is 16.9. The molecule has 0 aromatic heterocycles. The summed E-state index contributed by atoms with van der Waals surface area (Å²) in [6, 6.07) is 9.02. The lowest BCUT2D eigenvalue weighted by Crippen LogP contribution is -2.33. The number of ether oxygens (including phenoxy) is 1. The molecule has 3 unspecified atom stereocenters. The van der Waals surface area contributed by atoms with Gasteiger partial charge in [0.15, 0.2) is 0 Å². The van der Waals surface area contributed by atoms with Gasteiger partial charge in [-0.2, -0.15) is 0 Å². The molecular formula is C19H29N3O2. The number of nitrogens with one attached hydrogen (secondary N) is 3. The molecule has 0 bridgehead atoms. The van der Waals surface area contributed by atoms with Crippen molar-refractivity contribution in [1.29, 1.82) is 0 Å². The Morgan fingerprint density at radius 2 is 2.00 bits per heavy atom. The van der Waals surface area contributed by atoms with Crippen LogP contribution in [0.25, 0.3) is 0 Å². The second-order valence-electron chi connectivity index (χ2n) is 7.11. The van der Waals surface area contributed by atoms with Crippen LogP contribution >= 0.6 is 0 Å². The SMILES string of the molecule is CC1NNC(C)C1CCCNC(=O)C1CCOc2ccccc2C1. The Bertz CT molecular complexity index is 553. The minimum absolute atomic E-state index is 0.0151. The number of benzene rings is 1. The Kier molecular flexibility index (Phi) is 5.74. The standard InChI is InChI=1S/C19H29N3O2/c1-13-17(14(2)22-21-13)7-5-10-20-19(23)16-9-11-24-18-8-4-3-6-15(18)12-16/h3-4,6,8,13-14,16-17,21-22H,5,7,9-12H2,1-2H3,(H,20,23). The van der Waals surface area contributed by atoms with E-state index in [1.165, 1.54) is 0 Å². The van der Waals surface area contributed by atoms with Gasteiger partial charge < -0.3 is 10.1 Å². The number of para-hydroxylation sites is 1. The van der Waals surface area contributed by atoms with Gasteiger partial charge in [-0.3, -0.25) is 15.6 Å². The second kappa shape index (κ2) is 7.99. The third-order valence-corrected chi connectivity index (χ3v) is 5.37. The van der Waals surface area contributed by atoms with E-state index >= 15 is 0 Å². The van der Waals surface area contributed by atoms with E-state index in [1.54, 1.807) is 0 Å². The van der Waals surface area contributed by atoms with Crippen molar-refractivity contribution in [3.05, 3.63) is 29.8 Å². The van der Waals surface area contributed by atoms with Crippen molar-refractivity contribution in [2.24, 2.45) is 11.8 Å². The van der Waals surface area contributed by atoms with Crippen LogP contribution in [0.4, 0.5) is 0 Å². The van der Waals surface area contributed by atoms with Gasteiger partial charge in [-0.05, 0) is 57.1 Å². The van der Waals surface area contributed by atoms with E-state index in [0.717, 1.165) is 43.5 Å². The van der Waals surface area contributed by atoms with Crippen molar-refractivity contribution in [1.82, 2.24) is 16.2 Å². The summed E-state index contributed by atoms with van der Waals surface area (Å²) >= 11 is 0.